The van der Waals surface area contributed by atoms with E-state index in [-0.39, 0.29) is 5.82 Å². The third-order valence-electron chi connectivity index (χ3n) is 6.60. The van der Waals surface area contributed by atoms with E-state index in [1.807, 2.05) is 6.07 Å². The molecule has 1 saturated carbocycles. The SMILES string of the molecule is CCCC1CCC(C2=CCc3c(ccc(-c4ccc(F)c(F)c4)c3F)C2)CC1. The highest BCUT2D eigenvalue weighted by Gasteiger charge is 2.26. The maximum atomic E-state index is 15.1. The molecule has 2 aromatic carbocycles. The first-order valence-corrected chi connectivity index (χ1v) is 10.5. The van der Waals surface area contributed by atoms with Crippen LogP contribution in [0.5, 0.6) is 0 Å². The molecule has 2 aromatic rings. The Morgan fingerprint density at radius 2 is 1.71 bits per heavy atom. The zero-order valence-electron chi connectivity index (χ0n) is 16.4. The molecule has 0 saturated heterocycles. The summed E-state index contributed by atoms with van der Waals surface area (Å²) in [6, 6.07) is 7.23. The van der Waals surface area contributed by atoms with Crippen LogP contribution in [0.1, 0.15) is 56.6 Å². The highest BCUT2D eigenvalue weighted by atomic mass is 19.2. The fraction of sp³-hybridized carbons (Fsp3) is 0.440. The number of rotatable bonds is 4. The van der Waals surface area contributed by atoms with E-state index in [9.17, 15) is 8.78 Å². The van der Waals surface area contributed by atoms with Gasteiger partial charge in [0.15, 0.2) is 11.6 Å². The zero-order chi connectivity index (χ0) is 19.7. The number of hydrogen-bond donors (Lipinski definition) is 0. The summed E-state index contributed by atoms with van der Waals surface area (Å²) in [6.07, 6.45) is 11.3. The molecule has 0 aromatic heterocycles. The van der Waals surface area contributed by atoms with E-state index >= 15 is 4.39 Å². The maximum absolute atomic E-state index is 15.1. The number of benzene rings is 2. The van der Waals surface area contributed by atoms with E-state index in [4.69, 9.17) is 0 Å². The van der Waals surface area contributed by atoms with Gasteiger partial charge in [0, 0.05) is 5.56 Å². The molecule has 0 amide bonds. The summed E-state index contributed by atoms with van der Waals surface area (Å²) in [5.74, 6) is -0.645. The monoisotopic (exact) mass is 384 g/mol. The van der Waals surface area contributed by atoms with Crippen molar-refractivity contribution in [1.82, 2.24) is 0 Å². The third-order valence-corrected chi connectivity index (χ3v) is 6.60. The summed E-state index contributed by atoms with van der Waals surface area (Å²) in [4.78, 5) is 0. The van der Waals surface area contributed by atoms with Crippen molar-refractivity contribution in [3.05, 3.63) is 70.6 Å². The minimum absolute atomic E-state index is 0.300. The van der Waals surface area contributed by atoms with Gasteiger partial charge in [-0.05, 0) is 79.2 Å². The van der Waals surface area contributed by atoms with Crippen LogP contribution in [0, 0.1) is 29.3 Å². The lowest BCUT2D eigenvalue weighted by Gasteiger charge is -2.32. The van der Waals surface area contributed by atoms with Gasteiger partial charge in [0.25, 0.3) is 0 Å². The molecule has 2 aliphatic carbocycles. The van der Waals surface area contributed by atoms with Crippen molar-refractivity contribution in [2.24, 2.45) is 11.8 Å². The van der Waals surface area contributed by atoms with Gasteiger partial charge >= 0.3 is 0 Å². The van der Waals surface area contributed by atoms with Gasteiger partial charge < -0.3 is 0 Å². The first-order chi connectivity index (χ1) is 13.6. The van der Waals surface area contributed by atoms with Crippen molar-refractivity contribution >= 4 is 0 Å². The van der Waals surface area contributed by atoms with Crippen LogP contribution in [0.4, 0.5) is 13.2 Å². The molecule has 2 aliphatic rings. The molecule has 0 bridgehead atoms. The van der Waals surface area contributed by atoms with Crippen molar-refractivity contribution in [3.63, 3.8) is 0 Å². The Bertz CT molecular complexity index is 889. The molecule has 0 N–H and O–H groups in total. The van der Waals surface area contributed by atoms with Crippen LogP contribution in [0.25, 0.3) is 11.1 Å². The van der Waals surface area contributed by atoms with Gasteiger partial charge in [0.05, 0.1) is 0 Å². The lowest BCUT2D eigenvalue weighted by Crippen LogP contribution is -2.19. The molecular formula is C25H27F3. The van der Waals surface area contributed by atoms with Gasteiger partial charge in [-0.25, -0.2) is 13.2 Å². The predicted octanol–water partition coefficient (Wildman–Crippen LogP) is 7.40. The first-order valence-electron chi connectivity index (χ1n) is 10.5. The molecule has 0 heterocycles. The number of hydrogen-bond acceptors (Lipinski definition) is 0. The van der Waals surface area contributed by atoms with Crippen LogP contribution in [-0.2, 0) is 12.8 Å². The first kappa shape index (κ1) is 19.3. The van der Waals surface area contributed by atoms with Crippen LogP contribution in [0.3, 0.4) is 0 Å². The average Bonchev–Trinajstić information content (AvgIpc) is 2.71. The Balaban J connectivity index is 1.52. The molecule has 0 nitrogen and oxygen atoms in total. The molecule has 0 radical (unpaired) electrons. The number of allylic oxidation sites excluding steroid dienone is 2. The Morgan fingerprint density at radius 1 is 0.929 bits per heavy atom. The van der Waals surface area contributed by atoms with Crippen molar-refractivity contribution in [1.29, 1.82) is 0 Å². The summed E-state index contributed by atoms with van der Waals surface area (Å²) >= 11 is 0. The van der Waals surface area contributed by atoms with E-state index < -0.39 is 11.6 Å². The highest BCUT2D eigenvalue weighted by Crippen LogP contribution is 2.39. The van der Waals surface area contributed by atoms with E-state index in [1.165, 1.54) is 50.2 Å². The molecule has 3 heteroatoms. The fourth-order valence-corrected chi connectivity index (χ4v) is 5.00. The normalized spacial score (nSPS) is 21.9. The summed E-state index contributed by atoms with van der Waals surface area (Å²) in [5.41, 5.74) is 3.92. The predicted molar refractivity (Wildman–Crippen MR) is 108 cm³/mol. The topological polar surface area (TPSA) is 0 Å². The molecule has 4 rings (SSSR count). The van der Waals surface area contributed by atoms with Crippen molar-refractivity contribution in [3.8, 4) is 11.1 Å². The smallest absolute Gasteiger partial charge is 0.159 e. The standard InChI is InChI=1S/C25H27F3/c1-2-3-16-4-6-17(7-5-16)18-8-11-21-19(14-18)9-12-22(25(21)28)20-10-13-23(26)24(27)15-20/h8-10,12-13,15-17H,2-7,11,14H2,1H3. The summed E-state index contributed by atoms with van der Waals surface area (Å²) < 4.78 is 41.9. The minimum atomic E-state index is -0.949. The molecule has 1 fully saturated rings. The molecule has 0 atom stereocenters. The summed E-state index contributed by atoms with van der Waals surface area (Å²) in [5, 5.41) is 0. The Hall–Kier alpha value is -2.03. The van der Waals surface area contributed by atoms with Crippen molar-refractivity contribution < 1.29 is 13.2 Å². The van der Waals surface area contributed by atoms with Crippen LogP contribution in [-0.4, -0.2) is 0 Å². The second kappa shape index (κ2) is 8.14. The Kier molecular flexibility index (Phi) is 5.61. The number of fused-ring (bicyclic) bond motifs is 1. The Labute approximate surface area is 165 Å². The molecule has 0 unspecified atom stereocenters. The lowest BCUT2D eigenvalue weighted by atomic mass is 9.74. The number of halogens is 3. The van der Waals surface area contributed by atoms with Crippen molar-refractivity contribution in [2.75, 3.05) is 0 Å². The maximum Gasteiger partial charge on any atom is 0.159 e. The van der Waals surface area contributed by atoms with Crippen LogP contribution < -0.4 is 0 Å². The van der Waals surface area contributed by atoms with E-state index in [1.54, 1.807) is 6.07 Å². The highest BCUT2D eigenvalue weighted by molar-refractivity contribution is 5.66. The molecule has 0 spiro atoms. The van der Waals surface area contributed by atoms with Gasteiger partial charge in [-0.3, -0.25) is 0 Å². The molecule has 0 aliphatic heterocycles. The summed E-state index contributed by atoms with van der Waals surface area (Å²) in [6.45, 7) is 2.26. The van der Waals surface area contributed by atoms with Gasteiger partial charge in [0.2, 0.25) is 0 Å². The molecule has 148 valence electrons. The second-order valence-electron chi connectivity index (χ2n) is 8.36. The largest absolute Gasteiger partial charge is 0.206 e. The van der Waals surface area contributed by atoms with Gasteiger partial charge in [0.1, 0.15) is 5.82 Å². The fourth-order valence-electron chi connectivity index (χ4n) is 5.00. The summed E-state index contributed by atoms with van der Waals surface area (Å²) in [7, 11) is 0. The quantitative estimate of drug-likeness (QED) is 0.482. The van der Waals surface area contributed by atoms with E-state index in [0.717, 1.165) is 30.0 Å². The second-order valence-corrected chi connectivity index (χ2v) is 8.36. The third kappa shape index (κ3) is 3.76. The van der Waals surface area contributed by atoms with E-state index in [2.05, 4.69) is 13.0 Å². The van der Waals surface area contributed by atoms with Gasteiger partial charge in [-0.1, -0.05) is 49.6 Å². The molecular weight excluding hydrogens is 357 g/mol. The van der Waals surface area contributed by atoms with Gasteiger partial charge in [-0.15, -0.1) is 0 Å². The van der Waals surface area contributed by atoms with Crippen LogP contribution in [0.15, 0.2) is 42.0 Å². The Morgan fingerprint density at radius 3 is 2.43 bits per heavy atom. The van der Waals surface area contributed by atoms with Crippen molar-refractivity contribution in [2.45, 2.75) is 58.3 Å². The molecule has 28 heavy (non-hydrogen) atoms. The van der Waals surface area contributed by atoms with E-state index in [0.29, 0.717) is 29.0 Å². The van der Waals surface area contributed by atoms with Gasteiger partial charge in [-0.2, -0.15) is 0 Å². The van der Waals surface area contributed by atoms with Crippen LogP contribution >= 0.6 is 0 Å². The minimum Gasteiger partial charge on any atom is -0.206 e. The van der Waals surface area contributed by atoms with Crippen LogP contribution in [0.2, 0.25) is 0 Å². The zero-order valence-corrected chi connectivity index (χ0v) is 16.4. The average molecular weight is 384 g/mol. The lowest BCUT2D eigenvalue weighted by molar-refractivity contribution is 0.283.